The van der Waals surface area contributed by atoms with Crippen LogP contribution < -0.4 is 16.0 Å². The van der Waals surface area contributed by atoms with Crippen LogP contribution in [0.15, 0.2) is 24.5 Å². The number of halogens is 1. The van der Waals surface area contributed by atoms with Crippen LogP contribution in [0.1, 0.15) is 12.5 Å². The van der Waals surface area contributed by atoms with Crippen LogP contribution in [0.4, 0.5) is 27.8 Å². The second-order valence-corrected chi connectivity index (χ2v) is 6.58. The molecule has 1 aliphatic rings. The van der Waals surface area contributed by atoms with Gasteiger partial charge in [-0.2, -0.15) is 0 Å². The minimum absolute atomic E-state index is 0.286. The molecule has 0 atom stereocenters. The molecule has 1 fully saturated rings. The highest BCUT2D eigenvalue weighted by atomic mass is 35.5. The lowest BCUT2D eigenvalue weighted by Gasteiger charge is -2.35. The van der Waals surface area contributed by atoms with Gasteiger partial charge in [-0.15, -0.1) is 0 Å². The lowest BCUT2D eigenvalue weighted by atomic mass is 10.2. The molecule has 8 nitrogen and oxygen atoms in total. The number of amides is 1. The summed E-state index contributed by atoms with van der Waals surface area (Å²) >= 11 is 6.18. The summed E-state index contributed by atoms with van der Waals surface area (Å²) in [5, 5.41) is 3.90. The SMILES string of the molecule is CCOC(=O)N1CCN(c2ncnc(Nc3cccc(Cl)c3C)c2N)CC1. The van der Waals surface area contributed by atoms with E-state index in [1.165, 1.54) is 6.33 Å². The van der Waals surface area contributed by atoms with Gasteiger partial charge in [0.15, 0.2) is 11.6 Å². The summed E-state index contributed by atoms with van der Waals surface area (Å²) < 4.78 is 5.05. The van der Waals surface area contributed by atoms with Crippen molar-refractivity contribution in [1.29, 1.82) is 0 Å². The molecule has 0 aliphatic carbocycles. The van der Waals surface area contributed by atoms with E-state index in [0.29, 0.717) is 55.1 Å². The number of ether oxygens (including phenoxy) is 1. The number of hydrogen-bond donors (Lipinski definition) is 2. The third-order valence-electron chi connectivity index (χ3n) is 4.49. The molecule has 27 heavy (non-hydrogen) atoms. The van der Waals surface area contributed by atoms with Gasteiger partial charge in [-0.1, -0.05) is 17.7 Å². The number of carbonyl (C=O) groups is 1. The summed E-state index contributed by atoms with van der Waals surface area (Å²) in [6, 6.07) is 5.62. The number of rotatable bonds is 4. The largest absolute Gasteiger partial charge is 0.450 e. The second-order valence-electron chi connectivity index (χ2n) is 6.17. The van der Waals surface area contributed by atoms with Gasteiger partial charge in [0.05, 0.1) is 6.61 Å². The summed E-state index contributed by atoms with van der Waals surface area (Å²) in [6.07, 6.45) is 1.19. The molecule has 1 aliphatic heterocycles. The van der Waals surface area contributed by atoms with E-state index in [1.807, 2.05) is 30.0 Å². The Morgan fingerprint density at radius 2 is 2.04 bits per heavy atom. The zero-order chi connectivity index (χ0) is 19.4. The Morgan fingerprint density at radius 1 is 1.30 bits per heavy atom. The number of nitrogens with zero attached hydrogens (tertiary/aromatic N) is 4. The summed E-state index contributed by atoms with van der Waals surface area (Å²) in [7, 11) is 0. The predicted molar refractivity (Wildman–Crippen MR) is 107 cm³/mol. The molecule has 144 valence electrons. The smallest absolute Gasteiger partial charge is 0.409 e. The third kappa shape index (κ3) is 4.16. The molecule has 2 aromatic rings. The Labute approximate surface area is 163 Å². The summed E-state index contributed by atoms with van der Waals surface area (Å²) in [5.41, 5.74) is 8.54. The lowest BCUT2D eigenvalue weighted by Crippen LogP contribution is -2.49. The number of carbonyl (C=O) groups excluding carboxylic acids is 1. The Kier molecular flexibility index (Phi) is 5.85. The molecular formula is C18H23ClN6O2. The number of benzene rings is 1. The maximum absolute atomic E-state index is 11.8. The summed E-state index contributed by atoms with van der Waals surface area (Å²) in [4.78, 5) is 24.2. The van der Waals surface area contributed by atoms with E-state index in [9.17, 15) is 4.79 Å². The number of hydrogen-bond acceptors (Lipinski definition) is 7. The zero-order valence-electron chi connectivity index (χ0n) is 15.4. The molecule has 0 bridgehead atoms. The zero-order valence-corrected chi connectivity index (χ0v) is 16.2. The highest BCUT2D eigenvalue weighted by Gasteiger charge is 2.24. The van der Waals surface area contributed by atoms with E-state index in [0.717, 1.165) is 11.3 Å². The molecule has 1 amide bonds. The van der Waals surface area contributed by atoms with Crippen molar-refractivity contribution in [3.63, 3.8) is 0 Å². The molecule has 0 unspecified atom stereocenters. The van der Waals surface area contributed by atoms with Gasteiger partial charge >= 0.3 is 6.09 Å². The fourth-order valence-electron chi connectivity index (χ4n) is 2.92. The van der Waals surface area contributed by atoms with E-state index >= 15 is 0 Å². The molecule has 1 aromatic carbocycles. The molecule has 1 aromatic heterocycles. The number of piperazine rings is 1. The van der Waals surface area contributed by atoms with Gasteiger partial charge in [-0.25, -0.2) is 14.8 Å². The van der Waals surface area contributed by atoms with Crippen LogP contribution in [0, 0.1) is 6.92 Å². The molecule has 9 heteroatoms. The highest BCUT2D eigenvalue weighted by Crippen LogP contribution is 2.31. The molecule has 3 rings (SSSR count). The minimum Gasteiger partial charge on any atom is -0.450 e. The van der Waals surface area contributed by atoms with Crippen molar-refractivity contribution in [2.45, 2.75) is 13.8 Å². The molecule has 1 saturated heterocycles. The van der Waals surface area contributed by atoms with Crippen molar-refractivity contribution < 1.29 is 9.53 Å². The van der Waals surface area contributed by atoms with E-state index in [-0.39, 0.29) is 6.09 Å². The van der Waals surface area contributed by atoms with Gasteiger partial charge in [0.25, 0.3) is 0 Å². The number of nitrogens with two attached hydrogens (primary N) is 1. The van der Waals surface area contributed by atoms with Crippen LogP contribution in [0.3, 0.4) is 0 Å². The first-order valence-electron chi connectivity index (χ1n) is 8.80. The van der Waals surface area contributed by atoms with Crippen molar-refractivity contribution in [3.05, 3.63) is 35.1 Å². The van der Waals surface area contributed by atoms with E-state index < -0.39 is 0 Å². The van der Waals surface area contributed by atoms with E-state index in [1.54, 1.807) is 11.8 Å². The monoisotopic (exact) mass is 390 g/mol. The van der Waals surface area contributed by atoms with E-state index in [2.05, 4.69) is 15.3 Å². The third-order valence-corrected chi connectivity index (χ3v) is 4.90. The minimum atomic E-state index is -0.286. The highest BCUT2D eigenvalue weighted by molar-refractivity contribution is 6.31. The van der Waals surface area contributed by atoms with Crippen LogP contribution in [0.25, 0.3) is 0 Å². The Balaban J connectivity index is 1.74. The van der Waals surface area contributed by atoms with Crippen molar-refractivity contribution in [2.24, 2.45) is 0 Å². The van der Waals surface area contributed by atoms with Crippen molar-refractivity contribution in [3.8, 4) is 0 Å². The molecule has 2 heterocycles. The maximum atomic E-state index is 11.8. The molecule has 0 radical (unpaired) electrons. The lowest BCUT2D eigenvalue weighted by molar-refractivity contribution is 0.105. The van der Waals surface area contributed by atoms with Crippen molar-refractivity contribution in [2.75, 3.05) is 48.7 Å². The first-order chi connectivity index (χ1) is 13.0. The molecular weight excluding hydrogens is 368 g/mol. The summed E-state index contributed by atoms with van der Waals surface area (Å²) in [6.45, 7) is 6.45. The van der Waals surface area contributed by atoms with Crippen molar-refractivity contribution in [1.82, 2.24) is 14.9 Å². The summed E-state index contributed by atoms with van der Waals surface area (Å²) in [5.74, 6) is 1.17. The van der Waals surface area contributed by atoms with Gasteiger partial charge < -0.3 is 25.6 Å². The maximum Gasteiger partial charge on any atom is 0.409 e. The van der Waals surface area contributed by atoms with Gasteiger partial charge in [0.1, 0.15) is 12.0 Å². The molecule has 0 saturated carbocycles. The van der Waals surface area contributed by atoms with Gasteiger partial charge in [-0.05, 0) is 31.5 Å². The van der Waals surface area contributed by atoms with Crippen LogP contribution in [0.2, 0.25) is 5.02 Å². The van der Waals surface area contributed by atoms with Gasteiger partial charge in [0, 0.05) is 36.9 Å². The van der Waals surface area contributed by atoms with Crippen LogP contribution in [-0.2, 0) is 4.74 Å². The Bertz CT molecular complexity index is 823. The fourth-order valence-corrected chi connectivity index (χ4v) is 3.10. The normalized spacial score (nSPS) is 14.2. The van der Waals surface area contributed by atoms with Crippen LogP contribution in [-0.4, -0.2) is 53.7 Å². The van der Waals surface area contributed by atoms with Gasteiger partial charge in [-0.3, -0.25) is 0 Å². The van der Waals surface area contributed by atoms with E-state index in [4.69, 9.17) is 22.1 Å². The predicted octanol–water partition coefficient (Wildman–Crippen LogP) is 3.04. The van der Waals surface area contributed by atoms with Crippen LogP contribution in [0.5, 0.6) is 0 Å². The first kappa shape index (κ1) is 19.0. The van der Waals surface area contributed by atoms with Gasteiger partial charge in [0.2, 0.25) is 0 Å². The quantitative estimate of drug-likeness (QED) is 0.828. The Morgan fingerprint density at radius 3 is 2.74 bits per heavy atom. The van der Waals surface area contributed by atoms with Crippen LogP contribution >= 0.6 is 11.6 Å². The number of nitrogen functional groups attached to an aromatic ring is 1. The average Bonchev–Trinajstić information content (AvgIpc) is 2.67. The van der Waals surface area contributed by atoms with Crippen molar-refractivity contribution >= 4 is 40.7 Å². The fraction of sp³-hybridized carbons (Fsp3) is 0.389. The number of anilines is 4. The first-order valence-corrected chi connectivity index (χ1v) is 9.18. The number of aromatic nitrogens is 2. The molecule has 3 N–H and O–H groups in total. The average molecular weight is 391 g/mol. The molecule has 0 spiro atoms. The topological polar surface area (TPSA) is 96.6 Å². The second kappa shape index (κ2) is 8.30. The number of nitrogens with one attached hydrogen (secondary N) is 1. The Hall–Kier alpha value is -2.74. The standard InChI is InChI=1S/C18H23ClN6O2/c1-3-27-18(26)25-9-7-24(8-10-25)17-15(20)16(21-11-22-17)23-14-6-4-5-13(19)12(14)2/h4-6,11H,3,7-10,20H2,1-2H3,(H,21,22,23).